The maximum absolute atomic E-state index is 11.8. The molecule has 0 amide bonds. The van der Waals surface area contributed by atoms with E-state index in [2.05, 4.69) is 4.98 Å². The van der Waals surface area contributed by atoms with E-state index in [0.717, 1.165) is 10.5 Å². The van der Waals surface area contributed by atoms with Crippen molar-refractivity contribution in [2.24, 2.45) is 0 Å². The zero-order valence-electron chi connectivity index (χ0n) is 15.6. The van der Waals surface area contributed by atoms with Crippen LogP contribution in [0.15, 0.2) is 76.8 Å². The second-order valence-electron chi connectivity index (χ2n) is 5.81. The number of rotatable bonds is 8. The molecule has 0 unspecified atom stereocenters. The van der Waals surface area contributed by atoms with Gasteiger partial charge < -0.3 is 9.47 Å². The highest BCUT2D eigenvalue weighted by atomic mass is 33.1. The Morgan fingerprint density at radius 3 is 2.10 bits per heavy atom. The van der Waals surface area contributed by atoms with Gasteiger partial charge in [0.25, 0.3) is 11.4 Å². The van der Waals surface area contributed by atoms with Gasteiger partial charge in [0.1, 0.15) is 23.6 Å². The first kappa shape index (κ1) is 22.1. The summed E-state index contributed by atoms with van der Waals surface area (Å²) in [6.45, 7) is -0.00614. The van der Waals surface area contributed by atoms with Crippen LogP contribution in [0.2, 0.25) is 0 Å². The van der Waals surface area contributed by atoms with Gasteiger partial charge in [-0.05, 0) is 46.7 Å². The molecule has 2 aromatic carbocycles. The molecule has 10 nitrogen and oxygen atoms in total. The van der Waals surface area contributed by atoms with Crippen molar-refractivity contribution in [1.29, 1.82) is 0 Å². The number of aromatic nitrogens is 1. The van der Waals surface area contributed by atoms with Gasteiger partial charge in [0.2, 0.25) is 0 Å². The van der Waals surface area contributed by atoms with Gasteiger partial charge in [-0.2, -0.15) is 0 Å². The normalized spacial score (nSPS) is 10.3. The Morgan fingerprint density at radius 1 is 0.871 bits per heavy atom. The number of nitro benzene ring substituents is 1. The Balaban J connectivity index is 1.44. The van der Waals surface area contributed by atoms with Crippen LogP contribution in [0.1, 0.15) is 5.56 Å². The minimum absolute atomic E-state index is 0.00614. The smallest absolute Gasteiger partial charge is 0.429 e. The van der Waals surface area contributed by atoms with Gasteiger partial charge >= 0.3 is 6.16 Å². The van der Waals surface area contributed by atoms with Gasteiger partial charge in [-0.1, -0.05) is 22.9 Å². The second-order valence-corrected chi connectivity index (χ2v) is 8.04. The average molecular weight is 459 g/mol. The van der Waals surface area contributed by atoms with Crippen LogP contribution in [-0.4, -0.2) is 21.0 Å². The van der Waals surface area contributed by atoms with Crippen molar-refractivity contribution in [3.05, 3.63) is 92.7 Å². The Bertz CT molecular complexity index is 1080. The lowest BCUT2D eigenvalue weighted by Crippen LogP contribution is -2.10. The fourth-order valence-electron chi connectivity index (χ4n) is 2.17. The number of nitro groups is 2. The predicted octanol–water partition coefficient (Wildman–Crippen LogP) is 5.41. The lowest BCUT2D eigenvalue weighted by molar-refractivity contribution is -0.385. The number of carbonyl (C=O) groups excluding carboxylic acids is 1. The molecule has 0 aliphatic heterocycles. The molecular weight excluding hydrogens is 446 g/mol. The van der Waals surface area contributed by atoms with Crippen molar-refractivity contribution in [1.82, 2.24) is 4.98 Å². The summed E-state index contributed by atoms with van der Waals surface area (Å²) >= 11 is 0. The fraction of sp³-hybridized carbons (Fsp3) is 0.0526. The van der Waals surface area contributed by atoms with Crippen molar-refractivity contribution in [3.63, 3.8) is 0 Å². The van der Waals surface area contributed by atoms with Crippen LogP contribution in [0.3, 0.4) is 0 Å². The summed E-state index contributed by atoms with van der Waals surface area (Å²) in [6, 6.07) is 15.3. The number of ether oxygens (including phenoxy) is 2. The predicted molar refractivity (Wildman–Crippen MR) is 113 cm³/mol. The molecule has 0 bridgehead atoms. The molecule has 0 aliphatic rings. The third-order valence-electron chi connectivity index (χ3n) is 3.68. The largest absolute Gasteiger partial charge is 0.514 e. The molecule has 0 fully saturated rings. The zero-order valence-corrected chi connectivity index (χ0v) is 17.2. The van der Waals surface area contributed by atoms with Crippen LogP contribution in [-0.2, 0) is 11.3 Å². The van der Waals surface area contributed by atoms with Crippen molar-refractivity contribution in [2.75, 3.05) is 0 Å². The SMILES string of the molecule is O=C(OCc1ccc(SSc2ccc([N+](=O)[O-])cn2)cc1)Oc1ccc([N+](=O)[O-])cc1. The third-order valence-corrected chi connectivity index (χ3v) is 5.98. The molecule has 0 radical (unpaired) electrons. The van der Waals surface area contributed by atoms with Crippen molar-refractivity contribution in [3.8, 4) is 5.75 Å². The zero-order chi connectivity index (χ0) is 22.2. The molecule has 0 atom stereocenters. The van der Waals surface area contributed by atoms with E-state index in [1.807, 2.05) is 12.1 Å². The van der Waals surface area contributed by atoms with E-state index < -0.39 is 16.0 Å². The molecule has 3 aromatic rings. The Hall–Kier alpha value is -3.64. The molecular formula is C19H13N3O7S2. The molecule has 0 spiro atoms. The molecule has 0 saturated heterocycles. The summed E-state index contributed by atoms with van der Waals surface area (Å²) in [5.74, 6) is 0.138. The molecule has 0 aliphatic carbocycles. The van der Waals surface area contributed by atoms with Crippen molar-refractivity contribution in [2.45, 2.75) is 16.5 Å². The Labute approximate surface area is 183 Å². The van der Waals surface area contributed by atoms with Crippen LogP contribution in [0.25, 0.3) is 0 Å². The standard InChI is InChI=1S/C19H13N3O7S2/c23-19(29-16-6-3-14(4-7-16)21(24)25)28-12-13-1-8-17(9-2-13)30-31-18-10-5-15(11-20-18)22(26)27/h1-11H,12H2. The quantitative estimate of drug-likeness (QED) is 0.141. The average Bonchev–Trinajstić information content (AvgIpc) is 2.77. The molecule has 3 rings (SSSR count). The van der Waals surface area contributed by atoms with E-state index in [-0.39, 0.29) is 23.7 Å². The van der Waals surface area contributed by atoms with Crippen LogP contribution < -0.4 is 4.74 Å². The number of nitrogens with zero attached hydrogens (tertiary/aromatic N) is 3. The van der Waals surface area contributed by atoms with Crippen LogP contribution in [0, 0.1) is 20.2 Å². The number of hydrogen-bond donors (Lipinski definition) is 0. The van der Waals surface area contributed by atoms with Crippen molar-refractivity contribution < 1.29 is 24.1 Å². The van der Waals surface area contributed by atoms with E-state index in [1.54, 1.807) is 18.2 Å². The molecule has 1 aromatic heterocycles. The number of carbonyl (C=O) groups is 1. The molecule has 0 N–H and O–H groups in total. The van der Waals surface area contributed by atoms with E-state index in [4.69, 9.17) is 9.47 Å². The summed E-state index contributed by atoms with van der Waals surface area (Å²) < 4.78 is 10.0. The van der Waals surface area contributed by atoms with E-state index >= 15 is 0 Å². The molecule has 12 heteroatoms. The number of benzene rings is 2. The first-order chi connectivity index (χ1) is 14.9. The van der Waals surface area contributed by atoms with Gasteiger partial charge in [-0.3, -0.25) is 20.2 Å². The highest BCUT2D eigenvalue weighted by Gasteiger charge is 2.10. The number of non-ortho nitro benzene ring substituents is 1. The molecule has 158 valence electrons. The van der Waals surface area contributed by atoms with E-state index in [9.17, 15) is 25.0 Å². The minimum atomic E-state index is -0.924. The fourth-order valence-corrected chi connectivity index (χ4v) is 3.99. The monoisotopic (exact) mass is 459 g/mol. The summed E-state index contributed by atoms with van der Waals surface area (Å²) in [6.07, 6.45) is 0.283. The lowest BCUT2D eigenvalue weighted by atomic mass is 10.2. The van der Waals surface area contributed by atoms with Crippen molar-refractivity contribution >= 4 is 39.1 Å². The first-order valence-corrected chi connectivity index (χ1v) is 10.7. The summed E-state index contributed by atoms with van der Waals surface area (Å²) in [4.78, 5) is 36.9. The topological polar surface area (TPSA) is 135 Å². The van der Waals surface area contributed by atoms with Crippen LogP contribution in [0.4, 0.5) is 16.2 Å². The van der Waals surface area contributed by atoms with Gasteiger partial charge in [-0.25, -0.2) is 9.78 Å². The lowest BCUT2D eigenvalue weighted by Gasteiger charge is -2.07. The Kier molecular flexibility index (Phi) is 7.40. The van der Waals surface area contributed by atoms with E-state index in [0.29, 0.717) is 5.03 Å². The Morgan fingerprint density at radius 2 is 1.52 bits per heavy atom. The van der Waals surface area contributed by atoms with Crippen LogP contribution >= 0.6 is 21.6 Å². The molecule has 1 heterocycles. The van der Waals surface area contributed by atoms with Gasteiger partial charge in [0, 0.05) is 23.1 Å². The second kappa shape index (κ2) is 10.4. The number of pyridine rings is 1. The van der Waals surface area contributed by atoms with Gasteiger partial charge in [0.05, 0.1) is 9.85 Å². The summed E-state index contributed by atoms with van der Waals surface area (Å²) in [7, 11) is 2.79. The first-order valence-electron chi connectivity index (χ1n) is 8.54. The molecule has 0 saturated carbocycles. The summed E-state index contributed by atoms with van der Waals surface area (Å²) in [5.41, 5.74) is 0.565. The molecule has 31 heavy (non-hydrogen) atoms. The maximum atomic E-state index is 11.8. The highest BCUT2D eigenvalue weighted by molar-refractivity contribution is 8.76. The maximum Gasteiger partial charge on any atom is 0.514 e. The van der Waals surface area contributed by atoms with Gasteiger partial charge in [-0.15, -0.1) is 0 Å². The summed E-state index contributed by atoms with van der Waals surface area (Å²) in [5, 5.41) is 21.9. The highest BCUT2D eigenvalue weighted by Crippen LogP contribution is 2.36. The third kappa shape index (κ3) is 6.69. The number of hydrogen-bond acceptors (Lipinski definition) is 10. The van der Waals surface area contributed by atoms with Gasteiger partial charge in [0.15, 0.2) is 0 Å². The minimum Gasteiger partial charge on any atom is -0.429 e. The van der Waals surface area contributed by atoms with Crippen LogP contribution in [0.5, 0.6) is 5.75 Å². The van der Waals surface area contributed by atoms with E-state index in [1.165, 1.54) is 58.1 Å².